The van der Waals surface area contributed by atoms with E-state index in [0.717, 1.165) is 5.56 Å². The summed E-state index contributed by atoms with van der Waals surface area (Å²) in [5, 5.41) is 13.0. The van der Waals surface area contributed by atoms with Gasteiger partial charge in [-0.3, -0.25) is 0 Å². The van der Waals surface area contributed by atoms with Crippen molar-refractivity contribution in [3.63, 3.8) is 0 Å². The Kier molecular flexibility index (Phi) is 2.97. The maximum Gasteiger partial charge on any atom is 0.357 e. The lowest BCUT2D eigenvalue weighted by molar-refractivity contribution is 0.0689. The molecule has 0 spiro atoms. The van der Waals surface area contributed by atoms with Crippen molar-refractivity contribution in [1.82, 2.24) is 14.8 Å². The highest BCUT2D eigenvalue weighted by molar-refractivity contribution is 9.10. The minimum Gasteiger partial charge on any atom is -0.476 e. The van der Waals surface area contributed by atoms with E-state index in [1.807, 2.05) is 19.1 Å². The number of carboxylic acids is 1. The first-order chi connectivity index (χ1) is 8.00. The number of aryl methyl sites for hydroxylation is 1. The summed E-state index contributed by atoms with van der Waals surface area (Å²) >= 11 is 3.23. The van der Waals surface area contributed by atoms with Crippen molar-refractivity contribution in [2.45, 2.75) is 13.8 Å². The fraction of sp³-hybridized carbons (Fsp3) is 0.182. The summed E-state index contributed by atoms with van der Waals surface area (Å²) < 4.78 is 1.99. The Morgan fingerprint density at radius 3 is 2.71 bits per heavy atom. The molecule has 2 rings (SSSR count). The molecule has 0 bridgehead atoms. The van der Waals surface area contributed by atoms with Crippen LogP contribution in [0.15, 0.2) is 22.8 Å². The SMILES string of the molecule is Cc1ccnc(-n2nc(C(=O)O)c(Br)c2C)c1. The van der Waals surface area contributed by atoms with E-state index in [1.165, 1.54) is 4.68 Å². The van der Waals surface area contributed by atoms with E-state index in [0.29, 0.717) is 16.0 Å². The van der Waals surface area contributed by atoms with Gasteiger partial charge in [0.15, 0.2) is 11.5 Å². The third-order valence-electron chi connectivity index (χ3n) is 2.36. The maximum atomic E-state index is 11.0. The van der Waals surface area contributed by atoms with Gasteiger partial charge >= 0.3 is 5.97 Å². The van der Waals surface area contributed by atoms with Crippen LogP contribution in [-0.2, 0) is 0 Å². The number of aromatic carboxylic acids is 1. The molecule has 0 aliphatic carbocycles. The predicted octanol–water partition coefficient (Wildman–Crippen LogP) is 2.34. The molecule has 0 aliphatic heterocycles. The summed E-state index contributed by atoms with van der Waals surface area (Å²) in [6.45, 7) is 3.73. The molecular formula is C11H10BrN3O2. The Morgan fingerprint density at radius 1 is 1.47 bits per heavy atom. The molecule has 0 saturated heterocycles. The van der Waals surface area contributed by atoms with Crippen LogP contribution < -0.4 is 0 Å². The second-order valence-corrected chi connectivity index (χ2v) is 4.45. The van der Waals surface area contributed by atoms with E-state index in [1.54, 1.807) is 13.1 Å². The van der Waals surface area contributed by atoms with Crippen LogP contribution in [0, 0.1) is 13.8 Å². The van der Waals surface area contributed by atoms with E-state index in [4.69, 9.17) is 5.11 Å². The van der Waals surface area contributed by atoms with Crippen LogP contribution in [0.5, 0.6) is 0 Å². The zero-order valence-corrected chi connectivity index (χ0v) is 10.9. The molecule has 0 radical (unpaired) electrons. The van der Waals surface area contributed by atoms with Gasteiger partial charge in [-0.2, -0.15) is 5.10 Å². The van der Waals surface area contributed by atoms with Crippen molar-refractivity contribution in [1.29, 1.82) is 0 Å². The van der Waals surface area contributed by atoms with Crippen LogP contribution >= 0.6 is 15.9 Å². The lowest BCUT2D eigenvalue weighted by Crippen LogP contribution is -2.04. The Labute approximate surface area is 106 Å². The summed E-state index contributed by atoms with van der Waals surface area (Å²) in [6.07, 6.45) is 1.67. The summed E-state index contributed by atoms with van der Waals surface area (Å²) in [6, 6.07) is 3.72. The Hall–Kier alpha value is -1.69. The predicted molar refractivity (Wildman–Crippen MR) is 65.5 cm³/mol. The third kappa shape index (κ3) is 2.08. The van der Waals surface area contributed by atoms with Gasteiger partial charge in [-0.1, -0.05) is 0 Å². The topological polar surface area (TPSA) is 68.0 Å². The van der Waals surface area contributed by atoms with Gasteiger partial charge in [0.2, 0.25) is 0 Å². The number of carbonyl (C=O) groups is 1. The second-order valence-electron chi connectivity index (χ2n) is 3.66. The monoisotopic (exact) mass is 295 g/mol. The molecule has 2 aromatic heterocycles. The molecule has 0 amide bonds. The second kappa shape index (κ2) is 4.29. The first kappa shape index (κ1) is 11.8. The highest BCUT2D eigenvalue weighted by Gasteiger charge is 2.19. The minimum atomic E-state index is -1.06. The number of carboxylic acid groups (broad SMARTS) is 1. The fourth-order valence-corrected chi connectivity index (χ4v) is 1.90. The minimum absolute atomic E-state index is 0.00851. The maximum absolute atomic E-state index is 11.0. The number of nitrogens with zero attached hydrogens (tertiary/aromatic N) is 3. The van der Waals surface area contributed by atoms with Crippen molar-refractivity contribution in [2.75, 3.05) is 0 Å². The molecular weight excluding hydrogens is 286 g/mol. The molecule has 1 N–H and O–H groups in total. The number of rotatable bonds is 2. The first-order valence-corrected chi connectivity index (χ1v) is 5.71. The molecule has 0 aliphatic rings. The smallest absolute Gasteiger partial charge is 0.357 e. The Bertz CT molecular complexity index is 592. The van der Waals surface area contributed by atoms with Gasteiger partial charge in [0.05, 0.1) is 10.2 Å². The van der Waals surface area contributed by atoms with Crippen molar-refractivity contribution in [3.05, 3.63) is 39.8 Å². The van der Waals surface area contributed by atoms with Gasteiger partial charge in [0, 0.05) is 6.20 Å². The van der Waals surface area contributed by atoms with Gasteiger partial charge in [-0.25, -0.2) is 14.5 Å². The molecule has 6 heteroatoms. The van der Waals surface area contributed by atoms with Crippen LogP contribution in [0.4, 0.5) is 0 Å². The lowest BCUT2D eigenvalue weighted by atomic mass is 10.3. The lowest BCUT2D eigenvalue weighted by Gasteiger charge is -2.03. The molecule has 2 aromatic rings. The van der Waals surface area contributed by atoms with Crippen molar-refractivity contribution < 1.29 is 9.90 Å². The molecule has 17 heavy (non-hydrogen) atoms. The third-order valence-corrected chi connectivity index (χ3v) is 3.31. The van der Waals surface area contributed by atoms with E-state index in [9.17, 15) is 4.79 Å². The molecule has 88 valence electrons. The Morgan fingerprint density at radius 2 is 2.18 bits per heavy atom. The van der Waals surface area contributed by atoms with E-state index in [-0.39, 0.29) is 5.69 Å². The van der Waals surface area contributed by atoms with Gasteiger partial charge in [0.1, 0.15) is 0 Å². The average Bonchev–Trinajstić information content (AvgIpc) is 2.56. The molecule has 0 saturated carbocycles. The normalized spacial score (nSPS) is 10.5. The fourth-order valence-electron chi connectivity index (χ4n) is 1.48. The molecule has 2 heterocycles. The van der Waals surface area contributed by atoms with Crippen molar-refractivity contribution in [2.24, 2.45) is 0 Å². The molecule has 0 aromatic carbocycles. The first-order valence-electron chi connectivity index (χ1n) is 4.92. The zero-order valence-electron chi connectivity index (χ0n) is 9.31. The van der Waals surface area contributed by atoms with Crippen molar-refractivity contribution in [3.8, 4) is 5.82 Å². The zero-order chi connectivity index (χ0) is 12.6. The highest BCUT2D eigenvalue weighted by Crippen LogP contribution is 2.23. The summed E-state index contributed by atoms with van der Waals surface area (Å²) in [5.41, 5.74) is 1.74. The number of hydrogen-bond acceptors (Lipinski definition) is 3. The molecule has 0 fully saturated rings. The van der Waals surface area contributed by atoms with E-state index in [2.05, 4.69) is 26.0 Å². The van der Waals surface area contributed by atoms with Gasteiger partial charge < -0.3 is 5.11 Å². The average molecular weight is 296 g/mol. The largest absolute Gasteiger partial charge is 0.476 e. The van der Waals surface area contributed by atoms with Gasteiger partial charge in [0.25, 0.3) is 0 Å². The summed E-state index contributed by atoms with van der Waals surface area (Å²) in [5.74, 6) is -0.456. The van der Waals surface area contributed by atoms with Gasteiger partial charge in [-0.05, 0) is 47.5 Å². The number of halogens is 1. The quantitative estimate of drug-likeness (QED) is 0.923. The molecule has 0 unspecified atom stereocenters. The molecule has 0 atom stereocenters. The van der Waals surface area contributed by atoms with E-state index < -0.39 is 5.97 Å². The standard InChI is InChI=1S/C11H10BrN3O2/c1-6-3-4-13-8(5-6)15-7(2)9(12)10(14-15)11(16)17/h3-5H,1-2H3,(H,16,17). The summed E-state index contributed by atoms with van der Waals surface area (Å²) in [7, 11) is 0. The van der Waals surface area contributed by atoms with Crippen LogP contribution in [0.2, 0.25) is 0 Å². The number of pyridine rings is 1. The molecule has 5 nitrogen and oxygen atoms in total. The Balaban J connectivity index is 2.61. The number of aromatic nitrogens is 3. The number of hydrogen-bond donors (Lipinski definition) is 1. The van der Waals surface area contributed by atoms with Crippen LogP contribution in [-0.4, -0.2) is 25.8 Å². The van der Waals surface area contributed by atoms with Crippen molar-refractivity contribution >= 4 is 21.9 Å². The van der Waals surface area contributed by atoms with Crippen LogP contribution in [0.1, 0.15) is 21.7 Å². The van der Waals surface area contributed by atoms with E-state index >= 15 is 0 Å². The van der Waals surface area contributed by atoms with Crippen LogP contribution in [0.3, 0.4) is 0 Å². The van der Waals surface area contributed by atoms with Gasteiger partial charge in [-0.15, -0.1) is 0 Å². The summed E-state index contributed by atoms with van der Waals surface area (Å²) in [4.78, 5) is 15.1. The van der Waals surface area contributed by atoms with Crippen LogP contribution in [0.25, 0.3) is 5.82 Å². The highest BCUT2D eigenvalue weighted by atomic mass is 79.9.